The van der Waals surface area contributed by atoms with Gasteiger partial charge >= 0.3 is 6.09 Å². The molecule has 4 heteroatoms. The van der Waals surface area contributed by atoms with Gasteiger partial charge in [-0.05, 0) is 12.8 Å². The number of amides is 1. The molecule has 1 fully saturated rings. The number of carbonyl (C=O) groups excluding carboxylic acids is 1. The summed E-state index contributed by atoms with van der Waals surface area (Å²) < 4.78 is 4.77. The molecule has 1 heterocycles. The molecule has 0 spiro atoms. The third-order valence-corrected chi connectivity index (χ3v) is 5.26. The molecule has 1 amide bonds. The number of rotatable bonds is 1. The standard InChI is InChI=1S/C9H19NO2Si/c1-12-9(11)10-7-5-6-8(10)13(2,3)4/h8H,5-7H2,1-4H3. The van der Waals surface area contributed by atoms with Gasteiger partial charge < -0.3 is 9.64 Å². The Kier molecular flexibility index (Phi) is 3.00. The molecule has 0 aliphatic carbocycles. The molecule has 1 saturated heterocycles. The van der Waals surface area contributed by atoms with E-state index in [0.29, 0.717) is 5.67 Å². The summed E-state index contributed by atoms with van der Waals surface area (Å²) in [6.45, 7) is 7.79. The van der Waals surface area contributed by atoms with Gasteiger partial charge in [0.25, 0.3) is 0 Å². The number of ether oxygens (including phenoxy) is 1. The second kappa shape index (κ2) is 3.70. The summed E-state index contributed by atoms with van der Waals surface area (Å²) in [4.78, 5) is 13.3. The molecule has 1 aliphatic heterocycles. The van der Waals surface area contributed by atoms with Crippen LogP contribution in [0.1, 0.15) is 12.8 Å². The van der Waals surface area contributed by atoms with E-state index < -0.39 is 8.07 Å². The van der Waals surface area contributed by atoms with Crippen molar-refractivity contribution in [3.8, 4) is 0 Å². The number of methoxy groups -OCH3 is 1. The van der Waals surface area contributed by atoms with Crippen molar-refractivity contribution < 1.29 is 9.53 Å². The Morgan fingerprint density at radius 3 is 2.54 bits per heavy atom. The highest BCUT2D eigenvalue weighted by atomic mass is 28.3. The van der Waals surface area contributed by atoms with Gasteiger partial charge in [-0.1, -0.05) is 19.6 Å². The van der Waals surface area contributed by atoms with Crippen LogP contribution in [0.5, 0.6) is 0 Å². The molecule has 1 rings (SSSR count). The Balaban J connectivity index is 2.70. The molecule has 1 unspecified atom stereocenters. The Hall–Kier alpha value is -0.513. The fourth-order valence-electron chi connectivity index (χ4n) is 2.00. The molecule has 76 valence electrons. The molecule has 0 aromatic heterocycles. The van der Waals surface area contributed by atoms with E-state index in [-0.39, 0.29) is 6.09 Å². The molecule has 3 nitrogen and oxygen atoms in total. The maximum Gasteiger partial charge on any atom is 0.409 e. The van der Waals surface area contributed by atoms with Gasteiger partial charge in [-0.3, -0.25) is 0 Å². The zero-order valence-corrected chi connectivity index (χ0v) is 9.96. The zero-order chi connectivity index (χ0) is 10.1. The Bertz CT molecular complexity index is 200. The first kappa shape index (κ1) is 10.6. The van der Waals surface area contributed by atoms with Crippen LogP contribution in [0.4, 0.5) is 4.79 Å². The molecule has 0 saturated carbocycles. The summed E-state index contributed by atoms with van der Waals surface area (Å²) in [6, 6.07) is 0. The number of hydrogen-bond acceptors (Lipinski definition) is 2. The van der Waals surface area contributed by atoms with Crippen LogP contribution in [-0.2, 0) is 4.74 Å². The first-order valence-corrected chi connectivity index (χ1v) is 8.39. The summed E-state index contributed by atoms with van der Waals surface area (Å²) in [5.74, 6) is 0. The third kappa shape index (κ3) is 2.24. The lowest BCUT2D eigenvalue weighted by Crippen LogP contribution is -2.49. The minimum absolute atomic E-state index is 0.148. The maximum atomic E-state index is 11.4. The van der Waals surface area contributed by atoms with E-state index in [1.54, 1.807) is 0 Å². The van der Waals surface area contributed by atoms with E-state index in [2.05, 4.69) is 19.6 Å². The van der Waals surface area contributed by atoms with Crippen LogP contribution in [0, 0.1) is 0 Å². The fraction of sp³-hybridized carbons (Fsp3) is 0.889. The lowest BCUT2D eigenvalue weighted by atomic mass is 10.4. The van der Waals surface area contributed by atoms with Gasteiger partial charge in [-0.2, -0.15) is 0 Å². The van der Waals surface area contributed by atoms with E-state index in [1.807, 2.05) is 4.90 Å². The first-order valence-electron chi connectivity index (χ1n) is 4.81. The molecule has 1 aliphatic rings. The zero-order valence-electron chi connectivity index (χ0n) is 8.96. The average Bonchev–Trinajstić information content (AvgIpc) is 2.49. The van der Waals surface area contributed by atoms with Gasteiger partial charge in [-0.15, -0.1) is 0 Å². The molecular weight excluding hydrogens is 182 g/mol. The van der Waals surface area contributed by atoms with Crippen LogP contribution >= 0.6 is 0 Å². The second-order valence-corrected chi connectivity index (χ2v) is 10.1. The predicted molar refractivity (Wildman–Crippen MR) is 55.5 cm³/mol. The van der Waals surface area contributed by atoms with E-state index in [4.69, 9.17) is 4.74 Å². The predicted octanol–water partition coefficient (Wildman–Crippen LogP) is 2.09. The number of nitrogens with zero attached hydrogens (tertiary/aromatic N) is 1. The van der Waals surface area contributed by atoms with E-state index in [1.165, 1.54) is 7.11 Å². The smallest absolute Gasteiger partial charge is 0.409 e. The first-order chi connectivity index (χ1) is 5.96. The van der Waals surface area contributed by atoms with Crippen molar-refractivity contribution in [2.75, 3.05) is 13.7 Å². The lowest BCUT2D eigenvalue weighted by Gasteiger charge is -2.32. The normalized spacial score (nSPS) is 23.4. The van der Waals surface area contributed by atoms with Gasteiger partial charge in [0.2, 0.25) is 0 Å². The minimum Gasteiger partial charge on any atom is -0.453 e. The third-order valence-electron chi connectivity index (χ3n) is 2.66. The van der Waals surface area contributed by atoms with Crippen molar-refractivity contribution >= 4 is 14.2 Å². The van der Waals surface area contributed by atoms with Crippen molar-refractivity contribution in [3.05, 3.63) is 0 Å². The van der Waals surface area contributed by atoms with Crippen molar-refractivity contribution in [1.29, 1.82) is 0 Å². The van der Waals surface area contributed by atoms with Crippen LogP contribution in [0.2, 0.25) is 19.6 Å². The van der Waals surface area contributed by atoms with E-state index in [9.17, 15) is 4.79 Å². The number of hydrogen-bond donors (Lipinski definition) is 0. The molecule has 0 radical (unpaired) electrons. The Morgan fingerprint density at radius 1 is 1.46 bits per heavy atom. The Morgan fingerprint density at radius 2 is 2.08 bits per heavy atom. The minimum atomic E-state index is -1.24. The van der Waals surface area contributed by atoms with Crippen LogP contribution < -0.4 is 0 Å². The summed E-state index contributed by atoms with van der Waals surface area (Å²) in [5, 5.41) is 0. The molecule has 0 N–H and O–H groups in total. The quantitative estimate of drug-likeness (QED) is 0.608. The van der Waals surface area contributed by atoms with Gasteiger partial charge in [0.1, 0.15) is 0 Å². The summed E-state index contributed by atoms with van der Waals surface area (Å²) in [6.07, 6.45) is 2.14. The van der Waals surface area contributed by atoms with Crippen molar-refractivity contribution in [2.24, 2.45) is 0 Å². The second-order valence-electron chi connectivity index (χ2n) is 4.69. The van der Waals surface area contributed by atoms with Gasteiger partial charge in [0, 0.05) is 12.2 Å². The van der Waals surface area contributed by atoms with Crippen molar-refractivity contribution in [1.82, 2.24) is 4.90 Å². The molecular formula is C9H19NO2Si. The fourth-order valence-corrected chi connectivity index (χ4v) is 4.24. The topological polar surface area (TPSA) is 29.5 Å². The molecule has 0 aromatic carbocycles. The van der Waals surface area contributed by atoms with Gasteiger partial charge in [-0.25, -0.2) is 4.79 Å². The number of carbonyl (C=O) groups is 1. The van der Waals surface area contributed by atoms with E-state index in [0.717, 1.165) is 19.4 Å². The molecule has 1 atom stereocenters. The average molecular weight is 201 g/mol. The van der Waals surface area contributed by atoms with Gasteiger partial charge in [0.15, 0.2) is 0 Å². The largest absolute Gasteiger partial charge is 0.453 e. The highest BCUT2D eigenvalue weighted by Gasteiger charge is 2.38. The highest BCUT2D eigenvalue weighted by molar-refractivity contribution is 6.77. The van der Waals surface area contributed by atoms with Crippen LogP contribution in [0.15, 0.2) is 0 Å². The molecule has 0 bridgehead atoms. The maximum absolute atomic E-state index is 11.4. The van der Waals surface area contributed by atoms with Crippen LogP contribution in [0.25, 0.3) is 0 Å². The molecule has 0 aromatic rings. The van der Waals surface area contributed by atoms with E-state index >= 15 is 0 Å². The van der Waals surface area contributed by atoms with Crippen molar-refractivity contribution in [3.63, 3.8) is 0 Å². The van der Waals surface area contributed by atoms with Gasteiger partial charge in [0.05, 0.1) is 15.2 Å². The monoisotopic (exact) mass is 201 g/mol. The van der Waals surface area contributed by atoms with Crippen molar-refractivity contribution in [2.45, 2.75) is 38.1 Å². The summed E-state index contributed by atoms with van der Waals surface area (Å²) in [5.41, 5.74) is 0.472. The molecule has 13 heavy (non-hydrogen) atoms. The SMILES string of the molecule is COC(=O)N1CCCC1[Si](C)(C)C. The van der Waals surface area contributed by atoms with Crippen LogP contribution in [0.3, 0.4) is 0 Å². The van der Waals surface area contributed by atoms with Crippen LogP contribution in [-0.4, -0.2) is 38.4 Å². The highest BCUT2D eigenvalue weighted by Crippen LogP contribution is 2.26. The Labute approximate surface area is 81.1 Å². The summed E-state index contributed by atoms with van der Waals surface area (Å²) >= 11 is 0. The summed E-state index contributed by atoms with van der Waals surface area (Å²) in [7, 11) is 0.219. The number of likely N-dealkylation sites (tertiary alicyclic amines) is 1. The lowest BCUT2D eigenvalue weighted by molar-refractivity contribution is 0.127.